The highest BCUT2D eigenvalue weighted by atomic mass is 16.5. The number of ether oxygens (including phenoxy) is 1. The van der Waals surface area contributed by atoms with Crippen molar-refractivity contribution in [1.29, 1.82) is 0 Å². The van der Waals surface area contributed by atoms with E-state index in [0.29, 0.717) is 12.2 Å². The van der Waals surface area contributed by atoms with Gasteiger partial charge in [-0.1, -0.05) is 30.3 Å². The Labute approximate surface area is 130 Å². The molecular formula is C18H21NO3. The van der Waals surface area contributed by atoms with Crippen LogP contribution in [0.25, 0.3) is 0 Å². The third kappa shape index (κ3) is 4.90. The third-order valence-corrected chi connectivity index (χ3v) is 3.38. The van der Waals surface area contributed by atoms with Gasteiger partial charge in [-0.3, -0.25) is 0 Å². The molecule has 0 saturated heterocycles. The Morgan fingerprint density at radius 3 is 2.55 bits per heavy atom. The van der Waals surface area contributed by atoms with Crippen LogP contribution >= 0.6 is 0 Å². The summed E-state index contributed by atoms with van der Waals surface area (Å²) in [7, 11) is 0. The number of carboxylic acid groups (broad SMARTS) is 1. The summed E-state index contributed by atoms with van der Waals surface area (Å²) in [6.45, 7) is 4.29. The van der Waals surface area contributed by atoms with Gasteiger partial charge in [-0.25, -0.2) is 4.79 Å². The van der Waals surface area contributed by atoms with Crippen LogP contribution in [0.15, 0.2) is 48.5 Å². The van der Waals surface area contributed by atoms with Gasteiger partial charge in [0.2, 0.25) is 0 Å². The zero-order chi connectivity index (χ0) is 15.8. The minimum Gasteiger partial charge on any atom is -0.493 e. The largest absolute Gasteiger partial charge is 0.493 e. The van der Waals surface area contributed by atoms with Gasteiger partial charge in [0.05, 0.1) is 12.2 Å². The molecule has 0 saturated carbocycles. The number of hydrogen-bond acceptors (Lipinski definition) is 3. The Kier molecular flexibility index (Phi) is 5.98. The number of hydrogen-bond donors (Lipinski definition) is 2. The predicted octanol–water partition coefficient (Wildman–Crippen LogP) is 3.25. The fourth-order valence-electron chi connectivity index (χ4n) is 2.10. The van der Waals surface area contributed by atoms with Gasteiger partial charge in [0.1, 0.15) is 5.75 Å². The van der Waals surface area contributed by atoms with E-state index in [0.717, 1.165) is 36.4 Å². The lowest BCUT2D eigenvalue weighted by atomic mass is 10.1. The molecule has 0 radical (unpaired) electrons. The molecule has 0 heterocycles. The predicted molar refractivity (Wildman–Crippen MR) is 86.4 cm³/mol. The van der Waals surface area contributed by atoms with Crippen LogP contribution in [-0.4, -0.2) is 24.2 Å². The molecule has 0 unspecified atom stereocenters. The molecule has 0 spiro atoms. The fraction of sp³-hybridized carbons (Fsp3) is 0.278. The topological polar surface area (TPSA) is 58.6 Å². The molecule has 4 heteroatoms. The van der Waals surface area contributed by atoms with Gasteiger partial charge in [0.15, 0.2) is 0 Å². The zero-order valence-corrected chi connectivity index (χ0v) is 12.7. The van der Waals surface area contributed by atoms with E-state index < -0.39 is 5.97 Å². The number of para-hydroxylation sites is 1. The van der Waals surface area contributed by atoms with Crippen molar-refractivity contribution in [2.75, 3.05) is 13.2 Å². The summed E-state index contributed by atoms with van der Waals surface area (Å²) in [4.78, 5) is 10.8. The van der Waals surface area contributed by atoms with Crippen molar-refractivity contribution in [3.8, 4) is 5.75 Å². The summed E-state index contributed by atoms with van der Waals surface area (Å²) in [5.41, 5.74) is 2.54. The van der Waals surface area contributed by atoms with Crippen molar-refractivity contribution >= 4 is 5.97 Å². The van der Waals surface area contributed by atoms with Gasteiger partial charge in [-0.15, -0.1) is 0 Å². The average Bonchev–Trinajstić information content (AvgIpc) is 2.53. The van der Waals surface area contributed by atoms with Crippen molar-refractivity contribution in [3.05, 3.63) is 65.2 Å². The molecule has 4 nitrogen and oxygen atoms in total. The van der Waals surface area contributed by atoms with E-state index in [9.17, 15) is 4.79 Å². The van der Waals surface area contributed by atoms with E-state index in [1.54, 1.807) is 12.1 Å². The monoisotopic (exact) mass is 299 g/mol. The van der Waals surface area contributed by atoms with Gasteiger partial charge in [-0.2, -0.15) is 0 Å². The molecule has 2 aromatic carbocycles. The molecule has 0 aliphatic carbocycles. The zero-order valence-electron chi connectivity index (χ0n) is 12.7. The summed E-state index contributed by atoms with van der Waals surface area (Å²) in [5, 5.41) is 12.2. The first kappa shape index (κ1) is 16.0. The van der Waals surface area contributed by atoms with E-state index in [2.05, 4.69) is 5.32 Å². The van der Waals surface area contributed by atoms with Crippen molar-refractivity contribution in [2.24, 2.45) is 0 Å². The van der Waals surface area contributed by atoms with Gasteiger partial charge < -0.3 is 15.2 Å². The lowest BCUT2D eigenvalue weighted by molar-refractivity contribution is 0.0697. The van der Waals surface area contributed by atoms with Crippen LogP contribution in [0.3, 0.4) is 0 Å². The van der Waals surface area contributed by atoms with E-state index in [-0.39, 0.29) is 0 Å². The number of rotatable bonds is 8. The first-order valence-electron chi connectivity index (χ1n) is 7.38. The van der Waals surface area contributed by atoms with Gasteiger partial charge in [-0.05, 0) is 49.2 Å². The molecule has 2 rings (SSSR count). The second-order valence-electron chi connectivity index (χ2n) is 5.15. The van der Waals surface area contributed by atoms with Crippen LogP contribution in [0.1, 0.15) is 27.9 Å². The molecule has 0 fully saturated rings. The molecule has 116 valence electrons. The van der Waals surface area contributed by atoms with Crippen molar-refractivity contribution in [1.82, 2.24) is 5.32 Å². The summed E-state index contributed by atoms with van der Waals surface area (Å²) >= 11 is 0. The van der Waals surface area contributed by atoms with Gasteiger partial charge >= 0.3 is 5.97 Å². The second kappa shape index (κ2) is 8.20. The Balaban J connectivity index is 1.63. The summed E-state index contributed by atoms with van der Waals surface area (Å²) in [6.07, 6.45) is 0.918. The van der Waals surface area contributed by atoms with E-state index in [4.69, 9.17) is 9.84 Å². The summed E-state index contributed by atoms with van der Waals surface area (Å²) < 4.78 is 5.73. The maximum Gasteiger partial charge on any atom is 0.335 e. The van der Waals surface area contributed by atoms with E-state index >= 15 is 0 Å². The fourth-order valence-corrected chi connectivity index (χ4v) is 2.10. The maximum absolute atomic E-state index is 10.8. The van der Waals surface area contributed by atoms with Crippen LogP contribution in [0, 0.1) is 6.92 Å². The highest BCUT2D eigenvalue weighted by molar-refractivity contribution is 5.87. The highest BCUT2D eigenvalue weighted by Gasteiger charge is 2.01. The molecule has 0 atom stereocenters. The van der Waals surface area contributed by atoms with Crippen LogP contribution in [0.2, 0.25) is 0 Å². The standard InChI is InChI=1S/C18H21NO3/c1-14-5-2-3-6-17(14)22-12-4-11-19-13-15-7-9-16(10-8-15)18(20)21/h2-3,5-10,19H,4,11-13H2,1H3,(H,20,21). The second-order valence-corrected chi connectivity index (χ2v) is 5.15. The Bertz CT molecular complexity index is 608. The highest BCUT2D eigenvalue weighted by Crippen LogP contribution is 2.16. The van der Waals surface area contributed by atoms with Crippen LogP contribution < -0.4 is 10.1 Å². The SMILES string of the molecule is Cc1ccccc1OCCCNCc1ccc(C(=O)O)cc1. The number of aromatic carboxylic acids is 1. The molecule has 2 aromatic rings. The molecule has 2 N–H and O–H groups in total. The normalized spacial score (nSPS) is 10.4. The molecule has 0 bridgehead atoms. The van der Waals surface area contributed by atoms with Crippen LogP contribution in [-0.2, 0) is 6.54 Å². The number of nitrogens with one attached hydrogen (secondary N) is 1. The van der Waals surface area contributed by atoms with E-state index in [1.165, 1.54) is 0 Å². The smallest absolute Gasteiger partial charge is 0.335 e. The Morgan fingerprint density at radius 2 is 1.86 bits per heavy atom. The first-order valence-corrected chi connectivity index (χ1v) is 7.38. The molecule has 0 aliphatic rings. The van der Waals surface area contributed by atoms with Gasteiger partial charge in [0.25, 0.3) is 0 Å². The molecule has 0 aliphatic heterocycles. The minimum atomic E-state index is -0.895. The van der Waals surface area contributed by atoms with E-state index in [1.807, 2.05) is 43.3 Å². The summed E-state index contributed by atoms with van der Waals surface area (Å²) in [6, 6.07) is 14.9. The van der Waals surface area contributed by atoms with Crippen LogP contribution in [0.5, 0.6) is 5.75 Å². The number of carbonyl (C=O) groups is 1. The molecular weight excluding hydrogens is 278 g/mol. The first-order chi connectivity index (χ1) is 10.7. The lowest BCUT2D eigenvalue weighted by Gasteiger charge is -2.09. The quantitative estimate of drug-likeness (QED) is 0.735. The van der Waals surface area contributed by atoms with Crippen molar-refractivity contribution < 1.29 is 14.6 Å². The van der Waals surface area contributed by atoms with Crippen molar-refractivity contribution in [3.63, 3.8) is 0 Å². The number of carboxylic acids is 1. The minimum absolute atomic E-state index is 0.315. The Morgan fingerprint density at radius 1 is 1.14 bits per heavy atom. The van der Waals surface area contributed by atoms with Gasteiger partial charge in [0, 0.05) is 6.54 Å². The molecule has 0 amide bonds. The maximum atomic E-state index is 10.8. The lowest BCUT2D eigenvalue weighted by Crippen LogP contribution is -2.17. The Hall–Kier alpha value is -2.33. The summed E-state index contributed by atoms with van der Waals surface area (Å²) in [5.74, 6) is 0.0413. The average molecular weight is 299 g/mol. The van der Waals surface area contributed by atoms with Crippen LogP contribution in [0.4, 0.5) is 0 Å². The number of benzene rings is 2. The molecule has 0 aromatic heterocycles. The number of aryl methyl sites for hydroxylation is 1. The van der Waals surface area contributed by atoms with Crippen molar-refractivity contribution in [2.45, 2.75) is 19.9 Å². The third-order valence-electron chi connectivity index (χ3n) is 3.38. The molecule has 22 heavy (non-hydrogen) atoms.